The second-order valence-electron chi connectivity index (χ2n) is 10.0. The number of carbonyl (C=O) groups is 1. The van der Waals surface area contributed by atoms with Crippen molar-refractivity contribution in [2.24, 2.45) is 17.3 Å². The van der Waals surface area contributed by atoms with E-state index in [4.69, 9.17) is 0 Å². The molecule has 0 bridgehead atoms. The minimum atomic E-state index is -0.131. The number of carbonyl (C=O) groups excluding carboxylic acids is 1. The Hall–Kier alpha value is -2.92. The molecule has 8 nitrogen and oxygen atoms in total. The summed E-state index contributed by atoms with van der Waals surface area (Å²) in [6, 6.07) is 2.36. The Labute approximate surface area is 195 Å². The smallest absolute Gasteiger partial charge is 0.234 e. The second-order valence-corrected chi connectivity index (χ2v) is 10.0. The minimum Gasteiger partial charge on any atom is -0.396 e. The normalized spacial score (nSPS) is 26.2. The molecule has 0 radical (unpaired) electrons. The summed E-state index contributed by atoms with van der Waals surface area (Å²) in [4.78, 5) is 23.3. The van der Waals surface area contributed by atoms with Crippen molar-refractivity contribution in [2.45, 2.75) is 58.4 Å². The third kappa shape index (κ3) is 4.74. The molecule has 3 N–H and O–H groups in total. The number of likely N-dealkylation sites (N-methyl/N-ethyl adjacent to an activating group) is 1. The van der Waals surface area contributed by atoms with Crippen LogP contribution in [-0.4, -0.2) is 52.1 Å². The molecular weight excluding hydrogens is 416 g/mol. The number of fused-ring (bicyclic) bond motifs is 1. The van der Waals surface area contributed by atoms with Crippen LogP contribution in [0.1, 0.15) is 57.9 Å². The number of likely N-dealkylation sites (tertiary alicyclic amines) is 1. The van der Waals surface area contributed by atoms with Gasteiger partial charge >= 0.3 is 0 Å². The van der Waals surface area contributed by atoms with Gasteiger partial charge in [0.2, 0.25) is 11.9 Å². The highest BCUT2D eigenvalue weighted by Gasteiger charge is 2.38. The number of hydrogen-bond donors (Lipinski definition) is 3. The molecule has 33 heavy (non-hydrogen) atoms. The highest BCUT2D eigenvalue weighted by atomic mass is 16.3. The minimum absolute atomic E-state index is 0.0215. The van der Waals surface area contributed by atoms with Crippen LogP contribution in [0.4, 0.5) is 11.8 Å². The number of allylic oxidation sites excluding steroid dienone is 3. The van der Waals surface area contributed by atoms with E-state index in [9.17, 15) is 15.2 Å². The number of aliphatic hydroxyl groups is 1. The fraction of sp³-hybridized carbons (Fsp3) is 0.600. The zero-order chi connectivity index (χ0) is 23.6. The summed E-state index contributed by atoms with van der Waals surface area (Å²) in [6.07, 6.45) is 11.3. The molecule has 1 aromatic rings. The molecule has 2 heterocycles. The molecule has 8 heteroatoms. The van der Waals surface area contributed by atoms with E-state index in [1.165, 1.54) is 0 Å². The van der Waals surface area contributed by atoms with Crippen LogP contribution in [-0.2, 0) is 4.79 Å². The van der Waals surface area contributed by atoms with Gasteiger partial charge in [-0.1, -0.05) is 26.0 Å². The molecular formula is C25H34N6O2. The van der Waals surface area contributed by atoms with Gasteiger partial charge in [0.05, 0.1) is 12.1 Å². The summed E-state index contributed by atoms with van der Waals surface area (Å²) in [6.45, 7) is 5.14. The SMILES string of the molecule is CN1C(=O)C(CCNc2ncc(C#N)c(N[C@@H]3CC[C@H](CO)C(C)(C)C3)n2)C2=CCCC=C21. The lowest BCUT2D eigenvalue weighted by Crippen LogP contribution is -2.40. The lowest BCUT2D eigenvalue weighted by Gasteiger charge is -2.42. The molecule has 1 aromatic heterocycles. The number of amides is 1. The number of nitriles is 1. The molecule has 0 spiro atoms. The summed E-state index contributed by atoms with van der Waals surface area (Å²) in [5, 5.41) is 25.9. The Bertz CT molecular complexity index is 1010. The quantitative estimate of drug-likeness (QED) is 0.583. The molecule has 176 valence electrons. The maximum Gasteiger partial charge on any atom is 0.234 e. The molecule has 0 aromatic carbocycles. The number of hydrogen-bond acceptors (Lipinski definition) is 7. The number of aliphatic hydroxyl groups excluding tert-OH is 1. The predicted molar refractivity (Wildman–Crippen MR) is 127 cm³/mol. The van der Waals surface area contributed by atoms with Gasteiger partial charge in [-0.15, -0.1) is 0 Å². The van der Waals surface area contributed by atoms with E-state index in [1.807, 2.05) is 7.05 Å². The Balaban J connectivity index is 1.39. The zero-order valence-electron chi connectivity index (χ0n) is 19.8. The first-order valence-electron chi connectivity index (χ1n) is 11.9. The van der Waals surface area contributed by atoms with Crippen LogP contribution in [0.3, 0.4) is 0 Å². The van der Waals surface area contributed by atoms with Gasteiger partial charge in [0.15, 0.2) is 0 Å². The molecule has 1 amide bonds. The lowest BCUT2D eigenvalue weighted by molar-refractivity contribution is -0.128. The van der Waals surface area contributed by atoms with E-state index >= 15 is 0 Å². The van der Waals surface area contributed by atoms with E-state index in [0.29, 0.717) is 36.2 Å². The van der Waals surface area contributed by atoms with Gasteiger partial charge < -0.3 is 20.6 Å². The topological polar surface area (TPSA) is 114 Å². The Kier molecular flexibility index (Phi) is 6.71. The molecule has 1 saturated heterocycles. The third-order valence-electron chi connectivity index (χ3n) is 7.46. The average Bonchev–Trinajstić information content (AvgIpc) is 3.04. The van der Waals surface area contributed by atoms with E-state index < -0.39 is 0 Å². The van der Waals surface area contributed by atoms with Crippen LogP contribution in [0.15, 0.2) is 29.6 Å². The molecule has 3 atom stereocenters. The van der Waals surface area contributed by atoms with Crippen molar-refractivity contribution in [3.05, 3.63) is 35.2 Å². The van der Waals surface area contributed by atoms with Gasteiger partial charge in [-0.2, -0.15) is 10.2 Å². The Morgan fingerprint density at radius 2 is 2.09 bits per heavy atom. The monoisotopic (exact) mass is 450 g/mol. The number of nitrogens with zero attached hydrogens (tertiary/aromatic N) is 4. The van der Waals surface area contributed by atoms with Gasteiger partial charge in [0.25, 0.3) is 0 Å². The number of anilines is 2. The predicted octanol–water partition coefficient (Wildman–Crippen LogP) is 3.44. The molecule has 1 saturated carbocycles. The van der Waals surface area contributed by atoms with E-state index in [-0.39, 0.29) is 29.9 Å². The van der Waals surface area contributed by atoms with Crippen LogP contribution in [0, 0.1) is 28.6 Å². The fourth-order valence-corrected chi connectivity index (χ4v) is 5.44. The van der Waals surface area contributed by atoms with E-state index in [1.54, 1.807) is 11.1 Å². The highest BCUT2D eigenvalue weighted by molar-refractivity contribution is 5.89. The summed E-state index contributed by atoms with van der Waals surface area (Å²) in [5.74, 6) is 1.29. The van der Waals surface area contributed by atoms with Crippen LogP contribution < -0.4 is 10.6 Å². The van der Waals surface area contributed by atoms with Gasteiger partial charge in [0.1, 0.15) is 17.5 Å². The summed E-state index contributed by atoms with van der Waals surface area (Å²) >= 11 is 0. The van der Waals surface area contributed by atoms with Crippen LogP contribution in [0.5, 0.6) is 0 Å². The van der Waals surface area contributed by atoms with Gasteiger partial charge in [0, 0.05) is 31.9 Å². The molecule has 3 aliphatic rings. The summed E-state index contributed by atoms with van der Waals surface area (Å²) < 4.78 is 0. The van der Waals surface area contributed by atoms with E-state index in [0.717, 1.165) is 43.4 Å². The van der Waals surface area contributed by atoms with Crippen molar-refractivity contribution in [1.29, 1.82) is 5.26 Å². The summed E-state index contributed by atoms with van der Waals surface area (Å²) in [5.41, 5.74) is 2.63. The van der Waals surface area contributed by atoms with Crippen molar-refractivity contribution in [3.8, 4) is 6.07 Å². The Morgan fingerprint density at radius 3 is 2.82 bits per heavy atom. The number of rotatable bonds is 7. The van der Waals surface area contributed by atoms with Gasteiger partial charge in [-0.3, -0.25) is 4.79 Å². The van der Waals surface area contributed by atoms with E-state index in [2.05, 4.69) is 52.7 Å². The number of aromatic nitrogens is 2. The molecule has 2 fully saturated rings. The van der Waals surface area contributed by atoms with Crippen molar-refractivity contribution >= 4 is 17.7 Å². The standard InChI is InChI=1S/C25H34N6O2/c1-25(2)12-18(9-8-17(25)15-32)29-22-16(13-26)14-28-24(30-22)27-11-10-20-19-6-4-5-7-21(19)31(3)23(20)33/h6-7,14,17-18,20,32H,4-5,8-12,15H2,1-3H3,(H2,27,28,29,30)/t17-,18-,20?/m1/s1. The van der Waals surface area contributed by atoms with Crippen LogP contribution in [0.25, 0.3) is 0 Å². The molecule has 1 unspecified atom stereocenters. The largest absolute Gasteiger partial charge is 0.396 e. The second kappa shape index (κ2) is 9.52. The summed E-state index contributed by atoms with van der Waals surface area (Å²) in [7, 11) is 1.84. The first kappa shape index (κ1) is 23.2. The third-order valence-corrected chi connectivity index (χ3v) is 7.46. The van der Waals surface area contributed by atoms with Gasteiger partial charge in [-0.05, 0) is 55.4 Å². The maximum atomic E-state index is 12.7. The highest BCUT2D eigenvalue weighted by Crippen LogP contribution is 2.41. The van der Waals surface area contributed by atoms with Crippen molar-refractivity contribution in [1.82, 2.24) is 14.9 Å². The average molecular weight is 451 g/mol. The van der Waals surface area contributed by atoms with Gasteiger partial charge in [-0.25, -0.2) is 4.98 Å². The zero-order valence-corrected chi connectivity index (χ0v) is 19.8. The van der Waals surface area contributed by atoms with Crippen molar-refractivity contribution in [2.75, 3.05) is 30.8 Å². The van der Waals surface area contributed by atoms with Crippen LogP contribution >= 0.6 is 0 Å². The fourth-order valence-electron chi connectivity index (χ4n) is 5.44. The first-order chi connectivity index (χ1) is 15.8. The van der Waals surface area contributed by atoms with Crippen LogP contribution in [0.2, 0.25) is 0 Å². The molecule has 1 aliphatic heterocycles. The molecule has 2 aliphatic carbocycles. The lowest BCUT2D eigenvalue weighted by atomic mass is 9.67. The Morgan fingerprint density at radius 1 is 1.30 bits per heavy atom. The van der Waals surface area contributed by atoms with Crippen molar-refractivity contribution in [3.63, 3.8) is 0 Å². The number of nitrogens with one attached hydrogen (secondary N) is 2. The first-order valence-corrected chi connectivity index (χ1v) is 11.9. The maximum absolute atomic E-state index is 12.7. The molecule has 4 rings (SSSR count). The van der Waals surface area contributed by atoms with Crippen molar-refractivity contribution < 1.29 is 9.90 Å².